The highest BCUT2D eigenvalue weighted by atomic mass is 79.9. The van der Waals surface area contributed by atoms with Gasteiger partial charge in [0.1, 0.15) is 0 Å². The molecule has 1 aromatic carbocycles. The standard InChI is InChI=1S/C9H11BrN2O2S/c10-9-4-2-1-3-8(9)7-11-15(13,14)12-5-6-12/h1-4,11H,5-7H2. The molecular weight excluding hydrogens is 280 g/mol. The normalized spacial score (nSPS) is 16.6. The molecule has 0 saturated carbocycles. The summed E-state index contributed by atoms with van der Waals surface area (Å²) in [5, 5.41) is 0. The summed E-state index contributed by atoms with van der Waals surface area (Å²) in [6.45, 7) is 1.58. The number of rotatable bonds is 4. The Morgan fingerprint density at radius 1 is 1.33 bits per heavy atom. The summed E-state index contributed by atoms with van der Waals surface area (Å²) >= 11 is 3.37. The second-order valence-electron chi connectivity index (χ2n) is 3.32. The summed E-state index contributed by atoms with van der Waals surface area (Å²) in [4.78, 5) is 0. The van der Waals surface area contributed by atoms with Crippen molar-refractivity contribution < 1.29 is 8.42 Å². The fourth-order valence-electron chi connectivity index (χ4n) is 1.18. The van der Waals surface area contributed by atoms with E-state index in [-0.39, 0.29) is 0 Å². The number of benzene rings is 1. The highest BCUT2D eigenvalue weighted by molar-refractivity contribution is 9.10. The summed E-state index contributed by atoms with van der Waals surface area (Å²) in [6.07, 6.45) is 0. The third kappa shape index (κ3) is 2.78. The van der Waals surface area contributed by atoms with Crippen LogP contribution in [-0.4, -0.2) is 25.8 Å². The van der Waals surface area contributed by atoms with Gasteiger partial charge in [0.25, 0.3) is 10.2 Å². The molecule has 82 valence electrons. The fourth-order valence-corrected chi connectivity index (χ4v) is 2.69. The van der Waals surface area contributed by atoms with Gasteiger partial charge in [-0.05, 0) is 11.6 Å². The van der Waals surface area contributed by atoms with Crippen molar-refractivity contribution >= 4 is 26.1 Å². The SMILES string of the molecule is O=S(=O)(NCc1ccccc1Br)N1CC1. The van der Waals surface area contributed by atoms with E-state index >= 15 is 0 Å². The van der Waals surface area contributed by atoms with Crippen LogP contribution in [0.1, 0.15) is 5.56 Å². The molecule has 1 aliphatic rings. The molecule has 1 aliphatic heterocycles. The molecule has 0 bridgehead atoms. The first-order chi connectivity index (χ1) is 7.09. The number of hydrogen-bond acceptors (Lipinski definition) is 2. The van der Waals surface area contributed by atoms with Crippen LogP contribution in [0.2, 0.25) is 0 Å². The Hall–Kier alpha value is -0.430. The van der Waals surface area contributed by atoms with Crippen LogP contribution in [0.5, 0.6) is 0 Å². The quantitative estimate of drug-likeness (QED) is 0.845. The lowest BCUT2D eigenvalue weighted by Crippen LogP contribution is -2.29. The molecule has 4 nitrogen and oxygen atoms in total. The molecule has 0 atom stereocenters. The summed E-state index contributed by atoms with van der Waals surface area (Å²) in [5.74, 6) is 0. The van der Waals surface area contributed by atoms with Crippen LogP contribution >= 0.6 is 15.9 Å². The van der Waals surface area contributed by atoms with Gasteiger partial charge in [-0.1, -0.05) is 34.1 Å². The number of halogens is 1. The van der Waals surface area contributed by atoms with E-state index in [2.05, 4.69) is 20.7 Å². The van der Waals surface area contributed by atoms with Crippen LogP contribution in [0.25, 0.3) is 0 Å². The average Bonchev–Trinajstić information content (AvgIpc) is 3.00. The van der Waals surface area contributed by atoms with Gasteiger partial charge >= 0.3 is 0 Å². The zero-order valence-electron chi connectivity index (χ0n) is 7.98. The van der Waals surface area contributed by atoms with Gasteiger partial charge in [-0.3, -0.25) is 0 Å². The minimum atomic E-state index is -3.24. The Labute approximate surface area is 97.6 Å². The van der Waals surface area contributed by atoms with E-state index in [0.717, 1.165) is 10.0 Å². The van der Waals surface area contributed by atoms with Crippen molar-refractivity contribution in [2.24, 2.45) is 0 Å². The van der Waals surface area contributed by atoms with Gasteiger partial charge in [0.2, 0.25) is 0 Å². The number of nitrogens with one attached hydrogen (secondary N) is 1. The average molecular weight is 291 g/mol. The number of nitrogens with zero attached hydrogens (tertiary/aromatic N) is 1. The first kappa shape index (κ1) is 11.1. The van der Waals surface area contributed by atoms with Gasteiger partial charge < -0.3 is 0 Å². The van der Waals surface area contributed by atoms with Crippen molar-refractivity contribution in [1.29, 1.82) is 0 Å². The van der Waals surface area contributed by atoms with Crippen molar-refractivity contribution in [1.82, 2.24) is 9.03 Å². The Morgan fingerprint density at radius 2 is 2.00 bits per heavy atom. The van der Waals surface area contributed by atoms with E-state index in [9.17, 15) is 8.42 Å². The van der Waals surface area contributed by atoms with E-state index in [4.69, 9.17) is 0 Å². The third-order valence-electron chi connectivity index (χ3n) is 2.15. The van der Waals surface area contributed by atoms with E-state index in [1.54, 1.807) is 0 Å². The molecule has 1 saturated heterocycles. The minimum Gasteiger partial charge on any atom is -0.198 e. The molecule has 1 heterocycles. The molecule has 15 heavy (non-hydrogen) atoms. The lowest BCUT2D eigenvalue weighted by Gasteiger charge is -2.07. The predicted molar refractivity (Wildman–Crippen MR) is 61.5 cm³/mol. The monoisotopic (exact) mass is 290 g/mol. The van der Waals surface area contributed by atoms with E-state index in [1.807, 2.05) is 24.3 Å². The van der Waals surface area contributed by atoms with Crippen molar-refractivity contribution in [3.05, 3.63) is 34.3 Å². The van der Waals surface area contributed by atoms with Gasteiger partial charge in [-0.15, -0.1) is 0 Å². The largest absolute Gasteiger partial charge is 0.279 e. The highest BCUT2D eigenvalue weighted by Gasteiger charge is 2.31. The lowest BCUT2D eigenvalue weighted by atomic mass is 10.2. The smallest absolute Gasteiger partial charge is 0.198 e. The molecule has 2 rings (SSSR count). The second-order valence-corrected chi connectivity index (χ2v) is 5.93. The van der Waals surface area contributed by atoms with Crippen LogP contribution in [-0.2, 0) is 16.8 Å². The minimum absolute atomic E-state index is 0.320. The molecular formula is C9H11BrN2O2S. The van der Waals surface area contributed by atoms with E-state index in [0.29, 0.717) is 19.6 Å². The summed E-state index contributed by atoms with van der Waals surface area (Å²) in [7, 11) is -3.24. The fraction of sp³-hybridized carbons (Fsp3) is 0.333. The summed E-state index contributed by atoms with van der Waals surface area (Å²) < 4.78 is 27.8. The first-order valence-corrected chi connectivity index (χ1v) is 6.81. The van der Waals surface area contributed by atoms with E-state index < -0.39 is 10.2 Å². The topological polar surface area (TPSA) is 49.2 Å². The van der Waals surface area contributed by atoms with E-state index in [1.165, 1.54) is 4.31 Å². The lowest BCUT2D eigenvalue weighted by molar-refractivity contribution is 0.546. The highest BCUT2D eigenvalue weighted by Crippen LogP contribution is 2.16. The first-order valence-electron chi connectivity index (χ1n) is 4.58. The van der Waals surface area contributed by atoms with Crippen LogP contribution in [0, 0.1) is 0 Å². The van der Waals surface area contributed by atoms with Crippen molar-refractivity contribution in [2.75, 3.05) is 13.1 Å². The van der Waals surface area contributed by atoms with Gasteiger partial charge in [0, 0.05) is 24.1 Å². The molecule has 0 unspecified atom stereocenters. The van der Waals surface area contributed by atoms with Crippen LogP contribution in [0.4, 0.5) is 0 Å². The Morgan fingerprint density at radius 3 is 2.60 bits per heavy atom. The summed E-state index contributed by atoms with van der Waals surface area (Å²) in [6, 6.07) is 7.55. The molecule has 1 N–H and O–H groups in total. The molecule has 0 amide bonds. The second kappa shape index (κ2) is 4.21. The molecule has 1 aromatic rings. The number of hydrogen-bond donors (Lipinski definition) is 1. The molecule has 1 fully saturated rings. The zero-order chi connectivity index (χ0) is 10.9. The van der Waals surface area contributed by atoms with Crippen molar-refractivity contribution in [3.63, 3.8) is 0 Å². The molecule has 0 spiro atoms. The molecule has 0 aromatic heterocycles. The zero-order valence-corrected chi connectivity index (χ0v) is 10.4. The Balaban J connectivity index is 2.02. The van der Waals surface area contributed by atoms with Crippen LogP contribution in [0.15, 0.2) is 28.7 Å². The Kier molecular flexibility index (Phi) is 3.11. The maximum absolute atomic E-state index is 11.5. The Bertz CT molecular complexity index is 457. The maximum Gasteiger partial charge on any atom is 0.279 e. The van der Waals surface area contributed by atoms with Gasteiger partial charge in [0.15, 0.2) is 0 Å². The summed E-state index contributed by atoms with van der Waals surface area (Å²) in [5.41, 5.74) is 0.933. The van der Waals surface area contributed by atoms with Gasteiger partial charge in [-0.25, -0.2) is 0 Å². The molecule has 0 aliphatic carbocycles. The van der Waals surface area contributed by atoms with Crippen LogP contribution < -0.4 is 4.72 Å². The molecule has 6 heteroatoms. The maximum atomic E-state index is 11.5. The van der Waals surface area contributed by atoms with Crippen molar-refractivity contribution in [2.45, 2.75) is 6.54 Å². The van der Waals surface area contributed by atoms with Gasteiger partial charge in [-0.2, -0.15) is 17.4 Å². The van der Waals surface area contributed by atoms with Gasteiger partial charge in [0.05, 0.1) is 0 Å². The van der Waals surface area contributed by atoms with Crippen LogP contribution in [0.3, 0.4) is 0 Å². The van der Waals surface area contributed by atoms with Crippen molar-refractivity contribution in [3.8, 4) is 0 Å². The molecule has 0 radical (unpaired) electrons. The third-order valence-corrected chi connectivity index (χ3v) is 4.48. The predicted octanol–water partition coefficient (Wildman–Crippen LogP) is 1.10.